The molecule has 2 aliphatic heterocycles. The molecule has 1 atom stereocenters. The van der Waals surface area contributed by atoms with Crippen LogP contribution in [0, 0.1) is 6.92 Å². The van der Waals surface area contributed by atoms with Gasteiger partial charge in [0.1, 0.15) is 11.4 Å². The van der Waals surface area contributed by atoms with Gasteiger partial charge in [-0.2, -0.15) is 0 Å². The van der Waals surface area contributed by atoms with Gasteiger partial charge in [-0.05, 0) is 38.5 Å². The molecule has 2 aliphatic rings. The normalized spacial score (nSPS) is 19.0. The van der Waals surface area contributed by atoms with Crippen molar-refractivity contribution in [3.63, 3.8) is 0 Å². The molecule has 5 nitrogen and oxygen atoms in total. The van der Waals surface area contributed by atoms with E-state index in [1.54, 1.807) is 0 Å². The second kappa shape index (κ2) is 6.41. The fourth-order valence-corrected chi connectivity index (χ4v) is 3.66. The summed E-state index contributed by atoms with van der Waals surface area (Å²) in [6.45, 7) is 8.11. The van der Waals surface area contributed by atoms with Crippen LogP contribution in [0.4, 0.5) is 5.69 Å². The van der Waals surface area contributed by atoms with Gasteiger partial charge >= 0.3 is 0 Å². The lowest BCUT2D eigenvalue weighted by Gasteiger charge is -2.18. The number of amides is 1. The van der Waals surface area contributed by atoms with Crippen LogP contribution >= 0.6 is 0 Å². The maximum absolute atomic E-state index is 12.4. The smallest absolute Gasteiger partial charge is 0.263 e. The second-order valence-electron chi connectivity index (χ2n) is 7.90. The lowest BCUT2D eigenvalue weighted by molar-refractivity contribution is -0.121. The van der Waals surface area contributed by atoms with Gasteiger partial charge in [0.05, 0.1) is 5.69 Å². The minimum Gasteiger partial charge on any atom is -0.483 e. The molecule has 0 aliphatic carbocycles. The minimum atomic E-state index is -0.248. The van der Waals surface area contributed by atoms with E-state index in [0.717, 1.165) is 29.0 Å². The van der Waals surface area contributed by atoms with Crippen molar-refractivity contribution in [1.82, 2.24) is 5.32 Å². The van der Waals surface area contributed by atoms with Gasteiger partial charge < -0.3 is 14.8 Å². The number of aliphatic imine (C=N–C) groups is 1. The van der Waals surface area contributed by atoms with Crippen LogP contribution in [0.2, 0.25) is 0 Å². The Kier molecular flexibility index (Phi) is 4.17. The molecule has 1 N–H and O–H groups in total. The number of ether oxygens (including phenoxy) is 2. The summed E-state index contributed by atoms with van der Waals surface area (Å²) in [5.41, 5.74) is 4.11. The molecule has 1 amide bonds. The highest BCUT2D eigenvalue weighted by Gasteiger charge is 2.32. The van der Waals surface area contributed by atoms with Crippen LogP contribution in [0.25, 0.3) is 0 Å². The molecular weight excluding hydrogens is 340 g/mol. The molecule has 2 heterocycles. The highest BCUT2D eigenvalue weighted by Crippen LogP contribution is 2.41. The number of amidine groups is 1. The van der Waals surface area contributed by atoms with Crippen molar-refractivity contribution >= 4 is 17.4 Å². The molecule has 2 aromatic carbocycles. The Balaban J connectivity index is 1.40. The number of fused-ring (bicyclic) bond motifs is 2. The van der Waals surface area contributed by atoms with Crippen LogP contribution in [-0.4, -0.2) is 24.0 Å². The summed E-state index contributed by atoms with van der Waals surface area (Å²) >= 11 is 0. The zero-order valence-electron chi connectivity index (χ0n) is 16.1. The number of nitrogens with one attached hydrogen (secondary N) is 1. The first-order valence-electron chi connectivity index (χ1n) is 9.25. The van der Waals surface area contributed by atoms with Crippen molar-refractivity contribution < 1.29 is 14.3 Å². The largest absolute Gasteiger partial charge is 0.483 e. The third-order valence-electron chi connectivity index (χ3n) is 4.98. The fraction of sp³-hybridized carbons (Fsp3) is 0.364. The molecule has 0 aromatic heterocycles. The minimum absolute atomic E-state index is 0.0638. The van der Waals surface area contributed by atoms with Gasteiger partial charge in [-0.1, -0.05) is 36.8 Å². The van der Waals surface area contributed by atoms with E-state index in [-0.39, 0.29) is 24.0 Å². The Morgan fingerprint density at radius 1 is 1.33 bits per heavy atom. The maximum Gasteiger partial charge on any atom is 0.263 e. The topological polar surface area (TPSA) is 59.9 Å². The van der Waals surface area contributed by atoms with Crippen LogP contribution in [-0.2, 0) is 11.2 Å². The van der Waals surface area contributed by atoms with Gasteiger partial charge in [-0.25, -0.2) is 4.99 Å². The highest BCUT2D eigenvalue weighted by atomic mass is 16.5. The van der Waals surface area contributed by atoms with Crippen molar-refractivity contribution in [3.05, 3.63) is 53.1 Å². The average Bonchev–Trinajstić information content (AvgIpc) is 3.09. The Morgan fingerprint density at radius 2 is 2.15 bits per heavy atom. The molecule has 0 fully saturated rings. The van der Waals surface area contributed by atoms with E-state index in [0.29, 0.717) is 11.6 Å². The van der Waals surface area contributed by atoms with Gasteiger partial charge in [0.15, 0.2) is 18.1 Å². The summed E-state index contributed by atoms with van der Waals surface area (Å²) in [6.07, 6.45) is 0.831. The predicted octanol–water partition coefficient (Wildman–Crippen LogP) is 4.05. The molecule has 4 rings (SSSR count). The molecule has 1 unspecified atom stereocenters. The van der Waals surface area contributed by atoms with Gasteiger partial charge in [0, 0.05) is 17.9 Å². The number of nitrogens with zero attached hydrogens (tertiary/aromatic N) is 1. The third kappa shape index (κ3) is 3.42. The lowest BCUT2D eigenvalue weighted by Crippen LogP contribution is -2.35. The predicted molar refractivity (Wildman–Crippen MR) is 105 cm³/mol. The molecular formula is C22H24N2O3. The SMILES string of the molecule is Cc1ccc2c(c1)C(C)C(NC(=O)COc1cccc3c1OC(C)(C)C3)=N2. The van der Waals surface area contributed by atoms with Crippen LogP contribution in [0.3, 0.4) is 0 Å². The van der Waals surface area contributed by atoms with Crippen molar-refractivity contribution in [2.24, 2.45) is 4.99 Å². The number of rotatable bonds is 3. The number of benzene rings is 2. The number of carbonyl (C=O) groups excluding carboxylic acids is 1. The van der Waals surface area contributed by atoms with Crippen LogP contribution in [0.15, 0.2) is 41.4 Å². The van der Waals surface area contributed by atoms with Crippen molar-refractivity contribution in [2.45, 2.75) is 45.6 Å². The van der Waals surface area contributed by atoms with E-state index in [1.807, 2.05) is 51.1 Å². The third-order valence-corrected chi connectivity index (χ3v) is 4.98. The standard InChI is InChI=1S/C22H24N2O3/c1-13-8-9-17-16(10-13)14(2)21(23-17)24-19(25)12-26-18-7-5-6-15-11-22(3,4)27-20(15)18/h5-10,14H,11-12H2,1-4H3,(H,23,24,25). The first kappa shape index (κ1) is 17.6. The van der Waals surface area contributed by atoms with E-state index >= 15 is 0 Å². The summed E-state index contributed by atoms with van der Waals surface area (Å²) in [5.74, 6) is 1.85. The first-order chi connectivity index (χ1) is 12.8. The second-order valence-corrected chi connectivity index (χ2v) is 7.90. The molecule has 27 heavy (non-hydrogen) atoms. The Morgan fingerprint density at radius 3 is 2.96 bits per heavy atom. The number of para-hydroxylation sites is 1. The number of carbonyl (C=O) groups is 1. The van der Waals surface area contributed by atoms with E-state index < -0.39 is 0 Å². The van der Waals surface area contributed by atoms with Crippen molar-refractivity contribution in [3.8, 4) is 11.5 Å². The summed E-state index contributed by atoms with van der Waals surface area (Å²) < 4.78 is 11.7. The summed E-state index contributed by atoms with van der Waals surface area (Å²) in [5, 5.41) is 2.89. The first-order valence-corrected chi connectivity index (χ1v) is 9.25. The van der Waals surface area contributed by atoms with Crippen molar-refractivity contribution in [2.75, 3.05) is 6.61 Å². The molecule has 0 bridgehead atoms. The number of hydrogen-bond donors (Lipinski definition) is 1. The maximum atomic E-state index is 12.4. The van der Waals surface area contributed by atoms with E-state index in [9.17, 15) is 4.79 Å². The quantitative estimate of drug-likeness (QED) is 0.894. The van der Waals surface area contributed by atoms with Crippen LogP contribution in [0.1, 0.15) is 43.4 Å². The summed E-state index contributed by atoms with van der Waals surface area (Å²) in [4.78, 5) is 17.0. The average molecular weight is 364 g/mol. The zero-order valence-corrected chi connectivity index (χ0v) is 16.1. The van der Waals surface area contributed by atoms with Gasteiger partial charge in [-0.3, -0.25) is 4.79 Å². The molecule has 140 valence electrons. The Bertz CT molecular complexity index is 947. The lowest BCUT2D eigenvalue weighted by atomic mass is 9.99. The zero-order chi connectivity index (χ0) is 19.2. The van der Waals surface area contributed by atoms with Gasteiger partial charge in [0.25, 0.3) is 5.91 Å². The molecule has 0 saturated carbocycles. The number of hydrogen-bond acceptors (Lipinski definition) is 4. The van der Waals surface area contributed by atoms with Crippen molar-refractivity contribution in [1.29, 1.82) is 0 Å². The van der Waals surface area contributed by atoms with E-state index in [1.165, 1.54) is 5.56 Å². The Hall–Kier alpha value is -2.82. The highest BCUT2D eigenvalue weighted by molar-refractivity contribution is 6.05. The molecule has 0 radical (unpaired) electrons. The summed E-state index contributed by atoms with van der Waals surface area (Å²) in [7, 11) is 0. The molecule has 0 spiro atoms. The monoisotopic (exact) mass is 364 g/mol. The fourth-order valence-electron chi connectivity index (χ4n) is 3.66. The Labute approximate surface area is 159 Å². The van der Waals surface area contributed by atoms with Crippen LogP contribution in [0.5, 0.6) is 11.5 Å². The molecule has 2 aromatic rings. The van der Waals surface area contributed by atoms with Gasteiger partial charge in [-0.15, -0.1) is 0 Å². The number of aryl methyl sites for hydroxylation is 1. The molecule has 5 heteroatoms. The molecule has 0 saturated heterocycles. The van der Waals surface area contributed by atoms with Gasteiger partial charge in [0.2, 0.25) is 0 Å². The summed E-state index contributed by atoms with van der Waals surface area (Å²) in [6, 6.07) is 11.9. The van der Waals surface area contributed by atoms with E-state index in [2.05, 4.69) is 23.3 Å². The van der Waals surface area contributed by atoms with E-state index in [4.69, 9.17) is 9.47 Å². The van der Waals surface area contributed by atoms with Crippen LogP contribution < -0.4 is 14.8 Å².